The predicted octanol–water partition coefficient (Wildman–Crippen LogP) is 4.20. The van der Waals surface area contributed by atoms with Crippen molar-refractivity contribution in [3.8, 4) is 0 Å². The minimum absolute atomic E-state index is 0.552. The van der Waals surface area contributed by atoms with Crippen molar-refractivity contribution in [3.05, 3.63) is 34.9 Å². The van der Waals surface area contributed by atoms with Gasteiger partial charge in [0.25, 0.3) is 0 Å². The van der Waals surface area contributed by atoms with Crippen LogP contribution in [0, 0.1) is 5.92 Å². The summed E-state index contributed by atoms with van der Waals surface area (Å²) >= 11 is 10.4. The van der Waals surface area contributed by atoms with Gasteiger partial charge in [-0.25, -0.2) is 0 Å². The summed E-state index contributed by atoms with van der Waals surface area (Å²) < 4.78 is 5.67. The monoisotopic (exact) mass is 258 g/mol. The van der Waals surface area contributed by atoms with Crippen molar-refractivity contribution in [2.45, 2.75) is 26.4 Å². The first-order valence-corrected chi connectivity index (χ1v) is 6.71. The summed E-state index contributed by atoms with van der Waals surface area (Å²) in [5, 5.41) is 0.778. The van der Waals surface area contributed by atoms with Gasteiger partial charge in [-0.15, -0.1) is 0 Å². The zero-order chi connectivity index (χ0) is 11.8. The molecular weight excluding hydrogens is 240 g/mol. The van der Waals surface area contributed by atoms with Crippen LogP contribution in [0.4, 0.5) is 0 Å². The van der Waals surface area contributed by atoms with Gasteiger partial charge >= 0.3 is 0 Å². The van der Waals surface area contributed by atoms with E-state index in [9.17, 15) is 0 Å². The molecule has 0 aromatic heterocycles. The molecule has 0 radical (unpaired) electrons. The molecule has 1 rings (SSSR count). The van der Waals surface area contributed by atoms with Crippen molar-refractivity contribution in [3.63, 3.8) is 0 Å². The second kappa shape index (κ2) is 7.99. The van der Waals surface area contributed by atoms with Crippen LogP contribution in [0.2, 0.25) is 5.02 Å². The maximum atomic E-state index is 6.04. The number of benzene rings is 1. The van der Waals surface area contributed by atoms with Gasteiger partial charge in [-0.3, -0.25) is 0 Å². The summed E-state index contributed by atoms with van der Waals surface area (Å²) in [7, 11) is 0. The van der Waals surface area contributed by atoms with Crippen molar-refractivity contribution in [2.75, 3.05) is 12.4 Å². The van der Waals surface area contributed by atoms with Gasteiger partial charge in [0, 0.05) is 5.02 Å². The Morgan fingerprint density at radius 2 is 2.12 bits per heavy atom. The van der Waals surface area contributed by atoms with E-state index in [2.05, 4.69) is 19.6 Å². The maximum absolute atomic E-state index is 6.04. The first kappa shape index (κ1) is 13.9. The van der Waals surface area contributed by atoms with Gasteiger partial charge < -0.3 is 4.74 Å². The average molecular weight is 259 g/mol. The Bertz CT molecular complexity index is 304. The van der Waals surface area contributed by atoms with Crippen LogP contribution in [0.25, 0.3) is 0 Å². The molecule has 0 spiro atoms. The van der Waals surface area contributed by atoms with E-state index in [1.54, 1.807) is 0 Å². The molecule has 1 atom stereocenters. The fraction of sp³-hybridized carbons (Fsp3) is 0.538. The Kier molecular flexibility index (Phi) is 6.93. The Balaban J connectivity index is 2.32. The van der Waals surface area contributed by atoms with E-state index in [0.717, 1.165) is 22.9 Å². The van der Waals surface area contributed by atoms with Gasteiger partial charge in [-0.05, 0) is 29.7 Å². The molecule has 0 aliphatic carbocycles. The van der Waals surface area contributed by atoms with Gasteiger partial charge in [0.15, 0.2) is 0 Å². The Morgan fingerprint density at radius 3 is 2.75 bits per heavy atom. The zero-order valence-electron chi connectivity index (χ0n) is 9.66. The number of thiol groups is 1. The normalized spacial score (nSPS) is 12.7. The number of rotatable bonds is 7. The summed E-state index contributed by atoms with van der Waals surface area (Å²) in [6.45, 7) is 3.54. The molecule has 0 saturated heterocycles. The Hall–Kier alpha value is -0.180. The summed E-state index contributed by atoms with van der Waals surface area (Å²) in [6.07, 6.45) is 2.35. The summed E-state index contributed by atoms with van der Waals surface area (Å²) in [6, 6.07) is 7.80. The first-order valence-electron chi connectivity index (χ1n) is 5.70. The lowest BCUT2D eigenvalue weighted by Gasteiger charge is -2.13. The molecule has 0 aliphatic heterocycles. The fourth-order valence-corrected chi connectivity index (χ4v) is 2.06. The first-order chi connectivity index (χ1) is 7.77. The summed E-state index contributed by atoms with van der Waals surface area (Å²) in [5.74, 6) is 1.44. The van der Waals surface area contributed by atoms with Crippen LogP contribution in [0.5, 0.6) is 0 Å². The maximum Gasteiger partial charge on any atom is 0.0731 e. The molecule has 0 fully saturated rings. The molecular formula is C13H19ClOS. The van der Waals surface area contributed by atoms with E-state index in [1.165, 1.54) is 12.8 Å². The van der Waals surface area contributed by atoms with Crippen molar-refractivity contribution in [1.82, 2.24) is 0 Å². The molecule has 0 aliphatic rings. The minimum Gasteiger partial charge on any atom is -0.376 e. The van der Waals surface area contributed by atoms with E-state index >= 15 is 0 Å². The van der Waals surface area contributed by atoms with Crippen LogP contribution in [0.15, 0.2) is 24.3 Å². The molecule has 0 bridgehead atoms. The molecule has 3 heteroatoms. The molecule has 0 saturated carbocycles. The van der Waals surface area contributed by atoms with E-state index in [1.807, 2.05) is 24.3 Å². The van der Waals surface area contributed by atoms with Crippen LogP contribution in [0.1, 0.15) is 25.3 Å². The molecule has 0 amide bonds. The van der Waals surface area contributed by atoms with Crippen LogP contribution in [0.3, 0.4) is 0 Å². The molecule has 16 heavy (non-hydrogen) atoms. The highest BCUT2D eigenvalue weighted by atomic mass is 35.5. The highest BCUT2D eigenvalue weighted by molar-refractivity contribution is 7.80. The molecule has 1 aromatic carbocycles. The SMILES string of the molecule is CCCC(CS)COCc1ccccc1Cl. The van der Waals surface area contributed by atoms with Crippen LogP contribution in [-0.4, -0.2) is 12.4 Å². The quantitative estimate of drug-likeness (QED) is 0.721. The fourth-order valence-electron chi connectivity index (χ4n) is 1.59. The van der Waals surface area contributed by atoms with Crippen LogP contribution in [-0.2, 0) is 11.3 Å². The molecule has 1 unspecified atom stereocenters. The van der Waals surface area contributed by atoms with E-state index in [0.29, 0.717) is 12.5 Å². The number of halogens is 1. The standard InChI is InChI=1S/C13H19ClOS/c1-2-5-11(10-16)8-15-9-12-6-3-4-7-13(12)14/h3-4,6-7,11,16H,2,5,8-10H2,1H3. The van der Waals surface area contributed by atoms with Gasteiger partial charge in [0.1, 0.15) is 0 Å². The van der Waals surface area contributed by atoms with Crippen molar-refractivity contribution in [1.29, 1.82) is 0 Å². The minimum atomic E-state index is 0.552. The summed E-state index contributed by atoms with van der Waals surface area (Å²) in [5.41, 5.74) is 1.05. The van der Waals surface area contributed by atoms with Crippen molar-refractivity contribution in [2.24, 2.45) is 5.92 Å². The number of hydrogen-bond acceptors (Lipinski definition) is 2. The van der Waals surface area contributed by atoms with Crippen molar-refractivity contribution < 1.29 is 4.74 Å². The van der Waals surface area contributed by atoms with E-state index in [-0.39, 0.29) is 0 Å². The number of ether oxygens (including phenoxy) is 1. The lowest BCUT2D eigenvalue weighted by Crippen LogP contribution is -2.11. The van der Waals surface area contributed by atoms with Gasteiger partial charge in [-0.1, -0.05) is 43.1 Å². The second-order valence-corrected chi connectivity index (χ2v) is 4.72. The third kappa shape index (κ3) is 4.77. The predicted molar refractivity (Wildman–Crippen MR) is 73.4 cm³/mol. The van der Waals surface area contributed by atoms with Crippen LogP contribution >= 0.6 is 24.2 Å². The van der Waals surface area contributed by atoms with Gasteiger partial charge in [0.2, 0.25) is 0 Å². The van der Waals surface area contributed by atoms with Crippen molar-refractivity contribution >= 4 is 24.2 Å². The zero-order valence-corrected chi connectivity index (χ0v) is 11.3. The van der Waals surface area contributed by atoms with E-state index < -0.39 is 0 Å². The lowest BCUT2D eigenvalue weighted by molar-refractivity contribution is 0.0908. The molecule has 0 N–H and O–H groups in total. The van der Waals surface area contributed by atoms with Crippen LogP contribution < -0.4 is 0 Å². The number of hydrogen-bond donors (Lipinski definition) is 1. The Morgan fingerprint density at radius 1 is 1.38 bits per heavy atom. The Labute approximate surface area is 109 Å². The lowest BCUT2D eigenvalue weighted by atomic mass is 10.1. The topological polar surface area (TPSA) is 9.23 Å². The largest absolute Gasteiger partial charge is 0.376 e. The second-order valence-electron chi connectivity index (χ2n) is 3.94. The summed E-state index contributed by atoms with van der Waals surface area (Å²) in [4.78, 5) is 0. The molecule has 90 valence electrons. The third-order valence-electron chi connectivity index (χ3n) is 2.52. The van der Waals surface area contributed by atoms with Gasteiger partial charge in [-0.2, -0.15) is 12.6 Å². The molecule has 0 heterocycles. The molecule has 1 nitrogen and oxygen atoms in total. The van der Waals surface area contributed by atoms with E-state index in [4.69, 9.17) is 16.3 Å². The average Bonchev–Trinajstić information content (AvgIpc) is 2.30. The van der Waals surface area contributed by atoms with Gasteiger partial charge in [0.05, 0.1) is 13.2 Å². The highest BCUT2D eigenvalue weighted by Crippen LogP contribution is 2.17. The third-order valence-corrected chi connectivity index (χ3v) is 3.41. The molecule has 1 aromatic rings. The smallest absolute Gasteiger partial charge is 0.0731 e. The highest BCUT2D eigenvalue weighted by Gasteiger charge is 2.06.